The summed E-state index contributed by atoms with van der Waals surface area (Å²) in [6.45, 7) is 0. The van der Waals surface area contributed by atoms with E-state index in [1.165, 1.54) is 6.26 Å². The quantitative estimate of drug-likeness (QED) is 0.556. The van der Waals surface area contributed by atoms with Crippen molar-refractivity contribution >= 4 is 9.84 Å². The fourth-order valence-electron chi connectivity index (χ4n) is 1.23. The van der Waals surface area contributed by atoms with Crippen LogP contribution in [0.5, 0.6) is 0 Å². The van der Waals surface area contributed by atoms with E-state index in [0.717, 1.165) is 5.56 Å². The van der Waals surface area contributed by atoms with E-state index >= 15 is 0 Å². The largest absolute Gasteiger partial charge is 0.271 e. The van der Waals surface area contributed by atoms with E-state index in [2.05, 4.69) is 5.43 Å². The maximum Gasteiger partial charge on any atom is 0.149 e. The van der Waals surface area contributed by atoms with Crippen molar-refractivity contribution in [2.45, 2.75) is 6.04 Å². The Labute approximate surface area is 84.0 Å². The van der Waals surface area contributed by atoms with E-state index in [4.69, 9.17) is 5.84 Å². The molecule has 0 spiro atoms. The number of hydrazine groups is 1. The Balaban J connectivity index is 2.84. The summed E-state index contributed by atoms with van der Waals surface area (Å²) in [7, 11) is -3.03. The van der Waals surface area contributed by atoms with Gasteiger partial charge in [-0.1, -0.05) is 30.3 Å². The molecule has 0 amide bonds. The van der Waals surface area contributed by atoms with Gasteiger partial charge in [0.1, 0.15) is 9.84 Å². The summed E-state index contributed by atoms with van der Waals surface area (Å²) in [6, 6.07) is 8.92. The fraction of sp³-hybridized carbons (Fsp3) is 0.333. The molecule has 3 N–H and O–H groups in total. The Morgan fingerprint density at radius 2 is 1.93 bits per heavy atom. The zero-order chi connectivity index (χ0) is 10.6. The molecular formula is C9H14N2O2S. The number of hydrogen-bond acceptors (Lipinski definition) is 4. The predicted molar refractivity (Wildman–Crippen MR) is 56.2 cm³/mol. The van der Waals surface area contributed by atoms with Gasteiger partial charge in [-0.05, 0) is 5.56 Å². The van der Waals surface area contributed by atoms with Gasteiger partial charge in [0.2, 0.25) is 0 Å². The molecule has 1 aromatic carbocycles. The van der Waals surface area contributed by atoms with Crippen LogP contribution in [0.3, 0.4) is 0 Å². The van der Waals surface area contributed by atoms with Crippen LogP contribution in [0.4, 0.5) is 0 Å². The van der Waals surface area contributed by atoms with E-state index < -0.39 is 9.84 Å². The van der Waals surface area contributed by atoms with Crippen LogP contribution in [-0.4, -0.2) is 20.4 Å². The molecule has 1 atom stereocenters. The Bertz CT molecular complexity index is 375. The number of nitrogens with two attached hydrogens (primary N) is 1. The third kappa shape index (κ3) is 3.45. The lowest BCUT2D eigenvalue weighted by molar-refractivity contribution is 0.564. The molecule has 0 aliphatic carbocycles. The second-order valence-electron chi connectivity index (χ2n) is 3.22. The molecule has 0 aromatic heterocycles. The first-order valence-electron chi connectivity index (χ1n) is 4.22. The third-order valence-corrected chi connectivity index (χ3v) is 2.81. The van der Waals surface area contributed by atoms with Crippen molar-refractivity contribution in [2.75, 3.05) is 12.0 Å². The van der Waals surface area contributed by atoms with E-state index in [1.54, 1.807) is 0 Å². The second-order valence-corrected chi connectivity index (χ2v) is 5.41. The first-order valence-corrected chi connectivity index (χ1v) is 6.28. The lowest BCUT2D eigenvalue weighted by Crippen LogP contribution is -2.32. The maximum atomic E-state index is 11.1. The smallest absolute Gasteiger partial charge is 0.149 e. The van der Waals surface area contributed by atoms with Gasteiger partial charge in [-0.3, -0.25) is 11.3 Å². The molecule has 0 aliphatic heterocycles. The van der Waals surface area contributed by atoms with E-state index in [0.29, 0.717) is 0 Å². The summed E-state index contributed by atoms with van der Waals surface area (Å²) >= 11 is 0. The van der Waals surface area contributed by atoms with Gasteiger partial charge in [-0.25, -0.2) is 8.42 Å². The topological polar surface area (TPSA) is 72.2 Å². The molecule has 0 saturated heterocycles. The fourth-order valence-corrected chi connectivity index (χ4v) is 2.12. The third-order valence-electron chi connectivity index (χ3n) is 1.87. The zero-order valence-corrected chi connectivity index (χ0v) is 8.79. The van der Waals surface area contributed by atoms with Crippen LogP contribution in [0.2, 0.25) is 0 Å². The highest BCUT2D eigenvalue weighted by Crippen LogP contribution is 2.12. The average molecular weight is 214 g/mol. The number of nitrogens with one attached hydrogen (secondary N) is 1. The molecule has 1 aromatic rings. The highest BCUT2D eigenvalue weighted by molar-refractivity contribution is 7.90. The van der Waals surface area contributed by atoms with Crippen LogP contribution in [-0.2, 0) is 9.84 Å². The first kappa shape index (κ1) is 11.2. The molecular weight excluding hydrogens is 200 g/mol. The second kappa shape index (κ2) is 4.54. The van der Waals surface area contributed by atoms with Crippen LogP contribution < -0.4 is 11.3 Å². The predicted octanol–water partition coefficient (Wildman–Crippen LogP) is 0.236. The minimum Gasteiger partial charge on any atom is -0.271 e. The Hall–Kier alpha value is -0.910. The van der Waals surface area contributed by atoms with Crippen molar-refractivity contribution in [1.82, 2.24) is 5.43 Å². The number of hydrogen-bond donors (Lipinski definition) is 2. The van der Waals surface area contributed by atoms with Crippen molar-refractivity contribution in [3.63, 3.8) is 0 Å². The van der Waals surface area contributed by atoms with E-state index in [-0.39, 0.29) is 11.8 Å². The molecule has 1 rings (SSSR count). The standard InChI is InChI=1S/C9H14N2O2S/c1-14(12,13)7-9(11-10)8-5-3-2-4-6-8/h2-6,9,11H,7,10H2,1H3. The van der Waals surface area contributed by atoms with Gasteiger partial charge in [0.25, 0.3) is 0 Å². The Kier molecular flexibility index (Phi) is 3.62. The van der Waals surface area contributed by atoms with Gasteiger partial charge in [-0.15, -0.1) is 0 Å². The van der Waals surface area contributed by atoms with Crippen LogP contribution in [0, 0.1) is 0 Å². The maximum absolute atomic E-state index is 11.1. The molecule has 0 aliphatic rings. The van der Waals surface area contributed by atoms with E-state index in [9.17, 15) is 8.42 Å². The first-order chi connectivity index (χ1) is 6.53. The number of sulfone groups is 1. The normalized spacial score (nSPS) is 13.9. The zero-order valence-electron chi connectivity index (χ0n) is 7.97. The summed E-state index contributed by atoms with van der Waals surface area (Å²) < 4.78 is 22.2. The van der Waals surface area contributed by atoms with Gasteiger partial charge in [0.15, 0.2) is 0 Å². The molecule has 0 radical (unpaired) electrons. The molecule has 5 heteroatoms. The number of benzene rings is 1. The van der Waals surface area contributed by atoms with Crippen molar-refractivity contribution in [2.24, 2.45) is 5.84 Å². The van der Waals surface area contributed by atoms with Crippen LogP contribution in [0.1, 0.15) is 11.6 Å². The van der Waals surface area contributed by atoms with Gasteiger partial charge in [0, 0.05) is 6.26 Å². The molecule has 0 fully saturated rings. The van der Waals surface area contributed by atoms with Gasteiger partial charge in [-0.2, -0.15) is 0 Å². The van der Waals surface area contributed by atoms with Gasteiger partial charge < -0.3 is 0 Å². The molecule has 0 saturated carbocycles. The highest BCUT2D eigenvalue weighted by atomic mass is 32.2. The molecule has 0 bridgehead atoms. The Morgan fingerprint density at radius 3 is 2.36 bits per heavy atom. The summed E-state index contributed by atoms with van der Waals surface area (Å²) in [6.07, 6.45) is 1.19. The van der Waals surface area contributed by atoms with Crippen LogP contribution in [0.25, 0.3) is 0 Å². The van der Waals surface area contributed by atoms with Crippen molar-refractivity contribution in [3.8, 4) is 0 Å². The molecule has 1 unspecified atom stereocenters. The van der Waals surface area contributed by atoms with Crippen LogP contribution >= 0.6 is 0 Å². The highest BCUT2D eigenvalue weighted by Gasteiger charge is 2.15. The van der Waals surface area contributed by atoms with Gasteiger partial charge >= 0.3 is 0 Å². The average Bonchev–Trinajstić information content (AvgIpc) is 2.14. The molecule has 0 heterocycles. The van der Waals surface area contributed by atoms with Crippen molar-refractivity contribution in [1.29, 1.82) is 0 Å². The molecule has 78 valence electrons. The summed E-state index contributed by atoms with van der Waals surface area (Å²) in [5, 5.41) is 0. The van der Waals surface area contributed by atoms with Crippen molar-refractivity contribution < 1.29 is 8.42 Å². The summed E-state index contributed by atoms with van der Waals surface area (Å²) in [5.41, 5.74) is 3.37. The summed E-state index contributed by atoms with van der Waals surface area (Å²) in [4.78, 5) is 0. The minimum atomic E-state index is -3.03. The summed E-state index contributed by atoms with van der Waals surface area (Å²) in [5.74, 6) is 5.30. The lowest BCUT2D eigenvalue weighted by atomic mass is 10.1. The molecule has 14 heavy (non-hydrogen) atoms. The van der Waals surface area contributed by atoms with Crippen molar-refractivity contribution in [3.05, 3.63) is 35.9 Å². The number of rotatable bonds is 4. The molecule has 4 nitrogen and oxygen atoms in total. The minimum absolute atomic E-state index is 0.00745. The van der Waals surface area contributed by atoms with Crippen LogP contribution in [0.15, 0.2) is 30.3 Å². The van der Waals surface area contributed by atoms with E-state index in [1.807, 2.05) is 30.3 Å². The SMILES string of the molecule is CS(=O)(=O)CC(NN)c1ccccc1. The Morgan fingerprint density at radius 1 is 1.36 bits per heavy atom. The lowest BCUT2D eigenvalue weighted by Gasteiger charge is -2.14. The monoisotopic (exact) mass is 214 g/mol. The van der Waals surface area contributed by atoms with Gasteiger partial charge in [0.05, 0.1) is 11.8 Å².